The molecule has 4 heterocycles. The van der Waals surface area contributed by atoms with Gasteiger partial charge in [0.05, 0.1) is 22.6 Å². The molecule has 0 unspecified atom stereocenters. The maximum absolute atomic E-state index is 12.8. The van der Waals surface area contributed by atoms with Crippen LogP contribution in [0.25, 0.3) is 27.9 Å². The maximum Gasteiger partial charge on any atom is 0.345 e. The predicted octanol–water partition coefficient (Wildman–Crippen LogP) is 2.96. The summed E-state index contributed by atoms with van der Waals surface area (Å²) in [5.41, 5.74) is 5.03. The molecule has 0 radical (unpaired) electrons. The van der Waals surface area contributed by atoms with Gasteiger partial charge >= 0.3 is 5.63 Å². The van der Waals surface area contributed by atoms with Gasteiger partial charge in [0.1, 0.15) is 5.58 Å². The van der Waals surface area contributed by atoms with Gasteiger partial charge in [0.15, 0.2) is 5.65 Å². The van der Waals surface area contributed by atoms with Gasteiger partial charge in [-0.25, -0.2) is 9.78 Å². The highest BCUT2D eigenvalue weighted by atomic mass is 16.4. The van der Waals surface area contributed by atoms with Crippen LogP contribution in [0.15, 0.2) is 45.9 Å². The van der Waals surface area contributed by atoms with Crippen molar-refractivity contribution in [3.63, 3.8) is 0 Å². The molecule has 4 aromatic rings. The second kappa shape index (κ2) is 8.24. The topological polar surface area (TPSA) is 75.7 Å². The van der Waals surface area contributed by atoms with E-state index < -0.39 is 0 Å². The molecule has 0 spiro atoms. The first-order chi connectivity index (χ1) is 15.1. The van der Waals surface area contributed by atoms with Crippen LogP contribution in [-0.2, 0) is 6.42 Å². The van der Waals surface area contributed by atoms with E-state index in [1.54, 1.807) is 0 Å². The van der Waals surface area contributed by atoms with Gasteiger partial charge < -0.3 is 19.0 Å². The Morgan fingerprint density at radius 2 is 1.94 bits per heavy atom. The minimum atomic E-state index is -0.365. The van der Waals surface area contributed by atoms with Crippen LogP contribution in [0.2, 0.25) is 0 Å². The van der Waals surface area contributed by atoms with E-state index in [4.69, 9.17) is 4.42 Å². The number of nitrogens with zero attached hydrogens (tertiary/aromatic N) is 4. The molecule has 1 aliphatic heterocycles. The summed E-state index contributed by atoms with van der Waals surface area (Å²) in [6.45, 7) is 9.35. The Labute approximate surface area is 180 Å². The molecule has 0 aliphatic carbocycles. The molecule has 0 atom stereocenters. The Kier molecular flexibility index (Phi) is 5.29. The van der Waals surface area contributed by atoms with Gasteiger partial charge in [-0.1, -0.05) is 12.1 Å². The summed E-state index contributed by atoms with van der Waals surface area (Å²) in [5, 5.41) is 4.29. The molecule has 1 aromatic carbocycles. The molecule has 5 rings (SSSR count). The van der Waals surface area contributed by atoms with Crippen LogP contribution in [-0.4, -0.2) is 52.0 Å². The summed E-state index contributed by atoms with van der Waals surface area (Å²) in [6.07, 6.45) is 5.85. The number of hydrogen-bond acceptors (Lipinski definition) is 6. The number of benzene rings is 1. The molecule has 3 aromatic heterocycles. The summed E-state index contributed by atoms with van der Waals surface area (Å²) in [6, 6.07) is 8.04. The van der Waals surface area contributed by atoms with E-state index in [1.807, 2.05) is 48.8 Å². The highest BCUT2D eigenvalue weighted by Crippen LogP contribution is 2.23. The molecule has 160 valence electrons. The number of nitrogens with one attached hydrogen (secondary N) is 1. The summed E-state index contributed by atoms with van der Waals surface area (Å²) in [4.78, 5) is 24.3. The van der Waals surface area contributed by atoms with E-state index in [9.17, 15) is 4.79 Å². The number of imidazole rings is 1. The minimum Gasteiger partial charge on any atom is -0.422 e. The molecule has 7 nitrogen and oxygen atoms in total. The van der Waals surface area contributed by atoms with Crippen molar-refractivity contribution in [1.29, 1.82) is 0 Å². The van der Waals surface area contributed by atoms with Crippen LogP contribution in [0.4, 0.5) is 0 Å². The number of aromatic nitrogens is 3. The molecule has 31 heavy (non-hydrogen) atoms. The van der Waals surface area contributed by atoms with Gasteiger partial charge in [0.2, 0.25) is 0 Å². The quantitative estimate of drug-likeness (QED) is 0.503. The van der Waals surface area contributed by atoms with Crippen molar-refractivity contribution in [2.24, 2.45) is 0 Å². The Morgan fingerprint density at radius 1 is 1.10 bits per heavy atom. The van der Waals surface area contributed by atoms with Crippen molar-refractivity contribution >= 4 is 16.6 Å². The third-order valence-corrected chi connectivity index (χ3v) is 5.95. The van der Waals surface area contributed by atoms with Gasteiger partial charge in [-0.2, -0.15) is 0 Å². The molecular formula is C24H27N5O2. The number of piperazine rings is 1. The lowest BCUT2D eigenvalue weighted by atomic mass is 10.1. The molecule has 1 aliphatic rings. The molecular weight excluding hydrogens is 390 g/mol. The molecule has 0 bridgehead atoms. The first kappa shape index (κ1) is 19.9. The van der Waals surface area contributed by atoms with Crippen molar-refractivity contribution in [2.75, 3.05) is 32.7 Å². The lowest BCUT2D eigenvalue weighted by Gasteiger charge is -2.27. The zero-order chi connectivity index (χ0) is 21.4. The summed E-state index contributed by atoms with van der Waals surface area (Å²) in [7, 11) is 0. The first-order valence-corrected chi connectivity index (χ1v) is 10.9. The Balaban J connectivity index is 1.39. The number of rotatable bonds is 5. The highest BCUT2D eigenvalue weighted by molar-refractivity contribution is 5.81. The summed E-state index contributed by atoms with van der Waals surface area (Å²) in [5.74, 6) is 0. The average molecular weight is 418 g/mol. The lowest BCUT2D eigenvalue weighted by molar-refractivity contribution is 0.238. The zero-order valence-corrected chi connectivity index (χ0v) is 18.0. The van der Waals surface area contributed by atoms with Crippen molar-refractivity contribution in [2.45, 2.75) is 26.7 Å². The molecule has 1 fully saturated rings. The Morgan fingerprint density at radius 3 is 2.77 bits per heavy atom. The third-order valence-electron chi connectivity index (χ3n) is 5.95. The predicted molar refractivity (Wildman–Crippen MR) is 122 cm³/mol. The van der Waals surface area contributed by atoms with Gasteiger partial charge in [0, 0.05) is 44.0 Å². The monoisotopic (exact) mass is 417 g/mol. The summed E-state index contributed by atoms with van der Waals surface area (Å²) >= 11 is 0. The molecule has 7 heteroatoms. The second-order valence-electron chi connectivity index (χ2n) is 8.34. The van der Waals surface area contributed by atoms with Crippen molar-refractivity contribution in [3.05, 3.63) is 64.0 Å². The van der Waals surface area contributed by atoms with Gasteiger partial charge in [-0.3, -0.25) is 4.98 Å². The number of fused-ring (bicyclic) bond motifs is 2. The Hall–Kier alpha value is -3.03. The number of hydrogen-bond donors (Lipinski definition) is 1. The average Bonchev–Trinajstić information content (AvgIpc) is 3.18. The number of aryl methyl sites for hydroxylation is 3. The van der Waals surface area contributed by atoms with Crippen molar-refractivity contribution < 1.29 is 4.42 Å². The second-order valence-corrected chi connectivity index (χ2v) is 8.34. The van der Waals surface area contributed by atoms with Crippen LogP contribution in [0.1, 0.15) is 23.4 Å². The maximum atomic E-state index is 12.8. The lowest BCUT2D eigenvalue weighted by Crippen LogP contribution is -2.43. The van der Waals surface area contributed by atoms with E-state index in [0.29, 0.717) is 16.8 Å². The smallest absolute Gasteiger partial charge is 0.345 e. The summed E-state index contributed by atoms with van der Waals surface area (Å²) < 4.78 is 7.61. The van der Waals surface area contributed by atoms with Gasteiger partial charge in [-0.05, 0) is 50.9 Å². The SMILES string of the molecule is Cc1cn2cc(-c3cc4ccc(CCCN5CCNCC5)cc4oc3=O)nc2c(C)n1. The molecule has 0 amide bonds. The van der Waals surface area contributed by atoms with Crippen molar-refractivity contribution in [1.82, 2.24) is 24.6 Å². The fraction of sp³-hybridized carbons (Fsp3) is 0.375. The van der Waals surface area contributed by atoms with Crippen molar-refractivity contribution in [3.8, 4) is 11.3 Å². The van der Waals surface area contributed by atoms with Crippen LogP contribution in [0, 0.1) is 13.8 Å². The van der Waals surface area contributed by atoms with Crippen LogP contribution >= 0.6 is 0 Å². The van der Waals surface area contributed by atoms with E-state index in [2.05, 4.69) is 26.3 Å². The van der Waals surface area contributed by atoms with E-state index in [-0.39, 0.29) is 5.63 Å². The van der Waals surface area contributed by atoms with Crippen LogP contribution in [0.5, 0.6) is 0 Å². The zero-order valence-electron chi connectivity index (χ0n) is 18.0. The standard InChI is InChI=1S/C24H27N5O2/c1-16-14-29-15-21(27-23(29)17(2)26-16)20-13-19-6-5-18(12-22(19)31-24(20)30)4-3-9-28-10-7-25-8-11-28/h5-6,12-15,25H,3-4,7-11H2,1-2H3. The third kappa shape index (κ3) is 4.11. The molecule has 1 saturated heterocycles. The fourth-order valence-corrected chi connectivity index (χ4v) is 4.37. The van der Waals surface area contributed by atoms with E-state index >= 15 is 0 Å². The van der Waals surface area contributed by atoms with Gasteiger partial charge in [-0.15, -0.1) is 0 Å². The first-order valence-electron chi connectivity index (χ1n) is 10.9. The Bertz CT molecular complexity index is 1300. The largest absolute Gasteiger partial charge is 0.422 e. The molecule has 0 saturated carbocycles. The molecule has 1 N–H and O–H groups in total. The van der Waals surface area contributed by atoms with Crippen LogP contribution in [0.3, 0.4) is 0 Å². The minimum absolute atomic E-state index is 0.365. The van der Waals surface area contributed by atoms with Crippen LogP contribution < -0.4 is 10.9 Å². The normalized spacial score (nSPS) is 15.2. The van der Waals surface area contributed by atoms with E-state index in [0.717, 1.165) is 68.0 Å². The fourth-order valence-electron chi connectivity index (χ4n) is 4.37. The van der Waals surface area contributed by atoms with E-state index in [1.165, 1.54) is 5.56 Å². The highest BCUT2D eigenvalue weighted by Gasteiger charge is 2.14. The van der Waals surface area contributed by atoms with Gasteiger partial charge in [0.25, 0.3) is 0 Å².